The molecule has 0 amide bonds. The van der Waals surface area contributed by atoms with Crippen molar-refractivity contribution >= 4 is 22.4 Å². The van der Waals surface area contributed by atoms with Crippen molar-refractivity contribution in [2.75, 3.05) is 19.0 Å². The van der Waals surface area contributed by atoms with Crippen LogP contribution >= 0.6 is 0 Å². The van der Waals surface area contributed by atoms with Crippen LogP contribution in [-0.4, -0.2) is 33.7 Å². The lowest BCUT2D eigenvalue weighted by molar-refractivity contribution is 0.536. The van der Waals surface area contributed by atoms with Crippen molar-refractivity contribution in [3.63, 3.8) is 0 Å². The Kier molecular flexibility index (Phi) is 3.73. The van der Waals surface area contributed by atoms with E-state index in [4.69, 9.17) is 18.2 Å². The van der Waals surface area contributed by atoms with Crippen LogP contribution in [0.15, 0.2) is 80.6 Å². The van der Waals surface area contributed by atoms with Gasteiger partial charge in [0.25, 0.3) is 0 Å². The molecule has 5 heterocycles. The average Bonchev–Trinajstić information content (AvgIpc) is 3.58. The van der Waals surface area contributed by atoms with Gasteiger partial charge in [-0.2, -0.15) is 0 Å². The summed E-state index contributed by atoms with van der Waals surface area (Å²) in [5.74, 6) is 2.36. The van der Waals surface area contributed by atoms with E-state index in [-0.39, 0.29) is 0 Å². The second-order valence-corrected chi connectivity index (χ2v) is 7.33. The van der Waals surface area contributed by atoms with Crippen LogP contribution in [0.5, 0.6) is 0 Å². The predicted octanol–water partition coefficient (Wildman–Crippen LogP) is 5.12. The Morgan fingerprint density at radius 3 is 2.32 bits per heavy atom. The van der Waals surface area contributed by atoms with Gasteiger partial charge < -0.3 is 18.2 Å². The molecular weight excluding hydrogens is 394 g/mol. The van der Waals surface area contributed by atoms with E-state index in [0.29, 0.717) is 39.9 Å². The van der Waals surface area contributed by atoms with E-state index in [9.17, 15) is 0 Å². The van der Waals surface area contributed by atoms with Gasteiger partial charge in [0, 0.05) is 25.3 Å². The summed E-state index contributed by atoms with van der Waals surface area (Å²) in [6, 6.07) is 15.4. The molecule has 31 heavy (non-hydrogen) atoms. The fraction of sp³-hybridized carbons (Fsp3) is 0.0870. The highest BCUT2D eigenvalue weighted by molar-refractivity contribution is 6.05. The molecule has 1 aromatic carbocycles. The van der Waals surface area contributed by atoms with Gasteiger partial charge in [0.1, 0.15) is 12.1 Å². The summed E-state index contributed by atoms with van der Waals surface area (Å²) >= 11 is 0. The third kappa shape index (κ3) is 2.72. The Hall–Kier alpha value is -4.33. The molecule has 0 N–H and O–H groups in total. The van der Waals surface area contributed by atoms with Crippen molar-refractivity contribution in [1.82, 2.24) is 19.6 Å². The van der Waals surface area contributed by atoms with Crippen molar-refractivity contribution in [3.8, 4) is 34.2 Å². The number of aromatic nitrogens is 4. The fourth-order valence-electron chi connectivity index (χ4n) is 3.67. The maximum Gasteiger partial charge on any atom is 0.232 e. The molecule has 0 bridgehead atoms. The highest BCUT2D eigenvalue weighted by atomic mass is 16.4. The van der Waals surface area contributed by atoms with Crippen LogP contribution < -0.4 is 4.90 Å². The van der Waals surface area contributed by atoms with Gasteiger partial charge in [-0.15, -0.1) is 5.10 Å². The Bertz CT molecular complexity index is 1490. The SMILES string of the molecule is CN(C)c1ccc(-c2nc3c4c(-c5ccco5)c(-c5ccco5)oc4ncn3n2)cc1. The number of benzene rings is 1. The van der Waals surface area contributed by atoms with E-state index in [2.05, 4.69) is 10.1 Å². The van der Waals surface area contributed by atoms with E-state index >= 15 is 0 Å². The standard InChI is InChI=1S/C23H17N5O3/c1-27(2)15-9-7-14(8-10-15)21-25-22-19-18(16-5-3-11-29-16)20(17-6-4-12-30-17)31-23(19)24-13-28(22)26-21/h3-13H,1-2H3. The summed E-state index contributed by atoms with van der Waals surface area (Å²) < 4.78 is 19.0. The molecule has 0 fully saturated rings. The van der Waals surface area contributed by atoms with Gasteiger partial charge in [-0.05, 0) is 48.5 Å². The molecule has 8 heteroatoms. The van der Waals surface area contributed by atoms with Crippen LogP contribution in [0, 0.1) is 0 Å². The maximum atomic E-state index is 6.08. The minimum absolute atomic E-state index is 0.437. The smallest absolute Gasteiger partial charge is 0.232 e. The highest BCUT2D eigenvalue weighted by Gasteiger charge is 2.25. The lowest BCUT2D eigenvalue weighted by atomic mass is 10.1. The second kappa shape index (κ2) is 6.60. The van der Waals surface area contributed by atoms with Crippen LogP contribution in [0.2, 0.25) is 0 Å². The van der Waals surface area contributed by atoms with Crippen molar-refractivity contribution in [3.05, 3.63) is 67.4 Å². The maximum absolute atomic E-state index is 6.08. The predicted molar refractivity (Wildman–Crippen MR) is 116 cm³/mol. The van der Waals surface area contributed by atoms with Crippen LogP contribution in [0.25, 0.3) is 51.0 Å². The Morgan fingerprint density at radius 1 is 0.903 bits per heavy atom. The van der Waals surface area contributed by atoms with E-state index in [1.807, 2.05) is 67.5 Å². The van der Waals surface area contributed by atoms with Gasteiger partial charge in [0.2, 0.25) is 5.71 Å². The molecule has 5 aromatic heterocycles. The second-order valence-electron chi connectivity index (χ2n) is 7.33. The lowest BCUT2D eigenvalue weighted by Crippen LogP contribution is -2.07. The molecule has 0 spiro atoms. The largest absolute Gasteiger partial charge is 0.464 e. The third-order valence-electron chi connectivity index (χ3n) is 5.18. The highest BCUT2D eigenvalue weighted by Crippen LogP contribution is 2.42. The summed E-state index contributed by atoms with van der Waals surface area (Å²) in [5.41, 5.74) is 3.82. The normalized spacial score (nSPS) is 11.5. The van der Waals surface area contributed by atoms with Crippen molar-refractivity contribution in [1.29, 1.82) is 0 Å². The minimum atomic E-state index is 0.437. The molecule has 0 saturated heterocycles. The summed E-state index contributed by atoms with van der Waals surface area (Å²) in [6.45, 7) is 0. The number of rotatable bonds is 4. The Labute approximate surface area is 176 Å². The van der Waals surface area contributed by atoms with Crippen molar-refractivity contribution in [2.45, 2.75) is 0 Å². The number of hydrogen-bond donors (Lipinski definition) is 0. The van der Waals surface area contributed by atoms with E-state index in [0.717, 1.165) is 16.8 Å². The molecule has 6 rings (SSSR count). The topological polar surface area (TPSA) is 85.7 Å². The first-order chi connectivity index (χ1) is 15.2. The van der Waals surface area contributed by atoms with E-state index < -0.39 is 0 Å². The van der Waals surface area contributed by atoms with Crippen molar-refractivity contribution < 1.29 is 13.3 Å². The quantitative estimate of drug-likeness (QED) is 0.398. The van der Waals surface area contributed by atoms with Gasteiger partial charge in [-0.25, -0.2) is 14.5 Å². The molecule has 0 radical (unpaired) electrons. The van der Waals surface area contributed by atoms with Gasteiger partial charge in [0.05, 0.1) is 23.5 Å². The van der Waals surface area contributed by atoms with Gasteiger partial charge in [-0.3, -0.25) is 0 Å². The zero-order chi connectivity index (χ0) is 20.9. The number of anilines is 1. The minimum Gasteiger partial charge on any atom is -0.464 e. The number of fused-ring (bicyclic) bond motifs is 3. The molecule has 8 nitrogen and oxygen atoms in total. The first-order valence-corrected chi connectivity index (χ1v) is 9.72. The van der Waals surface area contributed by atoms with Crippen LogP contribution in [0.3, 0.4) is 0 Å². The molecule has 0 aliphatic carbocycles. The van der Waals surface area contributed by atoms with Crippen LogP contribution in [-0.2, 0) is 0 Å². The number of hydrogen-bond acceptors (Lipinski definition) is 7. The summed E-state index contributed by atoms with van der Waals surface area (Å²) in [4.78, 5) is 11.3. The Morgan fingerprint density at radius 2 is 1.65 bits per heavy atom. The first-order valence-electron chi connectivity index (χ1n) is 9.72. The zero-order valence-electron chi connectivity index (χ0n) is 16.8. The number of furan rings is 3. The Balaban J connectivity index is 1.60. The number of nitrogens with zero attached hydrogens (tertiary/aromatic N) is 5. The molecule has 0 atom stereocenters. The van der Waals surface area contributed by atoms with E-state index in [1.54, 1.807) is 23.4 Å². The van der Waals surface area contributed by atoms with Crippen LogP contribution in [0.4, 0.5) is 5.69 Å². The fourth-order valence-corrected chi connectivity index (χ4v) is 3.67. The molecule has 0 aliphatic rings. The molecule has 0 aliphatic heterocycles. The zero-order valence-corrected chi connectivity index (χ0v) is 16.8. The lowest BCUT2D eigenvalue weighted by Gasteiger charge is -2.11. The average molecular weight is 411 g/mol. The van der Waals surface area contributed by atoms with E-state index in [1.165, 1.54) is 0 Å². The van der Waals surface area contributed by atoms with Crippen molar-refractivity contribution in [2.24, 2.45) is 0 Å². The van der Waals surface area contributed by atoms with Crippen LogP contribution in [0.1, 0.15) is 0 Å². The van der Waals surface area contributed by atoms with Gasteiger partial charge in [0.15, 0.2) is 23.0 Å². The molecular formula is C23H17N5O3. The van der Waals surface area contributed by atoms with Gasteiger partial charge in [-0.1, -0.05) is 0 Å². The molecule has 6 aromatic rings. The molecule has 152 valence electrons. The first kappa shape index (κ1) is 17.5. The molecule has 0 unspecified atom stereocenters. The third-order valence-corrected chi connectivity index (χ3v) is 5.18. The summed E-state index contributed by atoms with van der Waals surface area (Å²) in [6.07, 6.45) is 4.82. The van der Waals surface area contributed by atoms with Gasteiger partial charge >= 0.3 is 0 Å². The molecule has 0 saturated carbocycles. The monoisotopic (exact) mass is 411 g/mol. The summed E-state index contributed by atoms with van der Waals surface area (Å²) in [5, 5.41) is 5.35. The summed E-state index contributed by atoms with van der Waals surface area (Å²) in [7, 11) is 4.01.